The van der Waals surface area contributed by atoms with Gasteiger partial charge >= 0.3 is 0 Å². The number of methoxy groups -OCH3 is 2. The largest absolute Gasteiger partial charge is 0.481 e. The Hall–Kier alpha value is -1.13. The lowest BCUT2D eigenvalue weighted by Crippen LogP contribution is -2.36. The van der Waals surface area contributed by atoms with Crippen LogP contribution in [0.4, 0.5) is 0 Å². The molecule has 0 aliphatic rings. The molecule has 4 heteroatoms. The molecule has 1 aromatic heterocycles. The highest BCUT2D eigenvalue weighted by atomic mass is 16.5. The molecule has 0 aromatic carbocycles. The molecule has 0 spiro atoms. The Morgan fingerprint density at radius 2 is 2.12 bits per heavy atom. The van der Waals surface area contributed by atoms with E-state index in [2.05, 4.69) is 17.2 Å². The van der Waals surface area contributed by atoms with Gasteiger partial charge in [0.1, 0.15) is 0 Å². The number of hydrogen-bond donors (Lipinski definition) is 1. The molecule has 2 atom stereocenters. The zero-order valence-electron chi connectivity index (χ0n) is 10.4. The lowest BCUT2D eigenvalue weighted by Gasteiger charge is -2.19. The van der Waals surface area contributed by atoms with Crippen LogP contribution in [0.15, 0.2) is 18.3 Å². The summed E-state index contributed by atoms with van der Waals surface area (Å²) in [6, 6.07) is 4.21. The van der Waals surface area contributed by atoms with Crippen molar-refractivity contribution in [2.24, 2.45) is 0 Å². The maximum Gasteiger partial charge on any atom is 0.213 e. The summed E-state index contributed by atoms with van der Waals surface area (Å²) in [6.45, 7) is 4.94. The molecule has 1 N–H and O–H groups in total. The summed E-state index contributed by atoms with van der Waals surface area (Å²) in [7, 11) is 3.34. The molecule has 0 bridgehead atoms. The van der Waals surface area contributed by atoms with E-state index in [1.807, 2.05) is 19.1 Å². The quantitative estimate of drug-likeness (QED) is 0.797. The van der Waals surface area contributed by atoms with Gasteiger partial charge in [-0.2, -0.15) is 0 Å². The lowest BCUT2D eigenvalue weighted by molar-refractivity contribution is 0.0882. The van der Waals surface area contributed by atoms with Crippen molar-refractivity contribution < 1.29 is 9.47 Å². The molecular formula is C12H20N2O2. The summed E-state index contributed by atoms with van der Waals surface area (Å²) in [5, 5.41) is 3.39. The first kappa shape index (κ1) is 12.9. The van der Waals surface area contributed by atoms with Crippen LogP contribution in [0.1, 0.15) is 19.4 Å². The first-order chi connectivity index (χ1) is 7.67. The molecule has 90 valence electrons. The van der Waals surface area contributed by atoms with Crippen LogP contribution in [0.25, 0.3) is 0 Å². The highest BCUT2D eigenvalue weighted by Gasteiger charge is 2.10. The Balaban J connectivity index is 2.47. The molecule has 0 aliphatic heterocycles. The second kappa shape index (κ2) is 6.45. The Kier molecular flexibility index (Phi) is 5.22. The van der Waals surface area contributed by atoms with Crippen molar-refractivity contribution >= 4 is 0 Å². The Labute approximate surface area is 97.0 Å². The average Bonchev–Trinajstić information content (AvgIpc) is 2.35. The second-order valence-corrected chi connectivity index (χ2v) is 3.82. The fourth-order valence-corrected chi connectivity index (χ4v) is 1.32. The third-order valence-electron chi connectivity index (χ3n) is 2.71. The number of rotatable bonds is 6. The van der Waals surface area contributed by atoms with Crippen LogP contribution in [0.5, 0.6) is 5.88 Å². The third-order valence-corrected chi connectivity index (χ3v) is 2.71. The van der Waals surface area contributed by atoms with Gasteiger partial charge in [0.05, 0.1) is 13.2 Å². The summed E-state index contributed by atoms with van der Waals surface area (Å²) in [5.74, 6) is 0.645. The highest BCUT2D eigenvalue weighted by molar-refractivity contribution is 5.20. The zero-order valence-corrected chi connectivity index (χ0v) is 10.4. The Bertz CT molecular complexity index is 318. The zero-order chi connectivity index (χ0) is 12.0. The van der Waals surface area contributed by atoms with Crippen LogP contribution in [0.3, 0.4) is 0 Å². The fourth-order valence-electron chi connectivity index (χ4n) is 1.32. The molecule has 0 radical (unpaired) electrons. The van der Waals surface area contributed by atoms with Gasteiger partial charge in [0.2, 0.25) is 5.88 Å². The lowest BCUT2D eigenvalue weighted by atomic mass is 10.2. The predicted octanol–water partition coefficient (Wildman–Crippen LogP) is 1.60. The molecule has 0 saturated heterocycles. The molecule has 0 amide bonds. The van der Waals surface area contributed by atoms with Crippen molar-refractivity contribution in [3.8, 4) is 5.88 Å². The van der Waals surface area contributed by atoms with Crippen molar-refractivity contribution in [3.63, 3.8) is 0 Å². The van der Waals surface area contributed by atoms with Crippen LogP contribution >= 0.6 is 0 Å². The van der Waals surface area contributed by atoms with E-state index >= 15 is 0 Å². The average molecular weight is 224 g/mol. The minimum Gasteiger partial charge on any atom is -0.481 e. The molecule has 2 unspecified atom stereocenters. The summed E-state index contributed by atoms with van der Waals surface area (Å²) in [5.41, 5.74) is 1.15. The van der Waals surface area contributed by atoms with Gasteiger partial charge in [0, 0.05) is 32.0 Å². The highest BCUT2D eigenvalue weighted by Crippen LogP contribution is 2.08. The van der Waals surface area contributed by atoms with Gasteiger partial charge in [0.25, 0.3) is 0 Å². The van der Waals surface area contributed by atoms with E-state index in [0.29, 0.717) is 11.9 Å². The number of pyridine rings is 1. The second-order valence-electron chi connectivity index (χ2n) is 3.82. The van der Waals surface area contributed by atoms with Crippen LogP contribution < -0.4 is 10.1 Å². The molecule has 16 heavy (non-hydrogen) atoms. The number of nitrogens with zero attached hydrogens (tertiary/aromatic N) is 1. The number of hydrogen-bond acceptors (Lipinski definition) is 4. The minimum atomic E-state index is 0.198. The van der Waals surface area contributed by atoms with Crippen molar-refractivity contribution in [3.05, 3.63) is 23.9 Å². The molecule has 1 rings (SSSR count). The van der Waals surface area contributed by atoms with Crippen molar-refractivity contribution in [1.82, 2.24) is 10.3 Å². The summed E-state index contributed by atoms with van der Waals surface area (Å²) in [6.07, 6.45) is 1.95. The number of nitrogens with one attached hydrogen (secondary N) is 1. The Morgan fingerprint density at radius 1 is 1.38 bits per heavy atom. The molecule has 1 heterocycles. The third kappa shape index (κ3) is 3.79. The van der Waals surface area contributed by atoms with E-state index < -0.39 is 0 Å². The molecule has 0 fully saturated rings. The summed E-state index contributed by atoms with van der Waals surface area (Å²) in [4.78, 5) is 4.06. The van der Waals surface area contributed by atoms with Crippen molar-refractivity contribution in [1.29, 1.82) is 0 Å². The first-order valence-corrected chi connectivity index (χ1v) is 5.42. The van der Waals surface area contributed by atoms with E-state index in [1.165, 1.54) is 0 Å². The van der Waals surface area contributed by atoms with Crippen molar-refractivity contribution in [2.75, 3.05) is 14.2 Å². The number of aromatic nitrogens is 1. The van der Waals surface area contributed by atoms with E-state index in [1.54, 1.807) is 20.4 Å². The van der Waals surface area contributed by atoms with Gasteiger partial charge in [-0.25, -0.2) is 4.98 Å². The first-order valence-electron chi connectivity index (χ1n) is 5.42. The van der Waals surface area contributed by atoms with E-state index in [9.17, 15) is 0 Å². The molecule has 0 saturated carbocycles. The van der Waals surface area contributed by atoms with Crippen LogP contribution in [0, 0.1) is 0 Å². The molecular weight excluding hydrogens is 204 g/mol. The van der Waals surface area contributed by atoms with Crippen LogP contribution in [0.2, 0.25) is 0 Å². The number of ether oxygens (including phenoxy) is 2. The predicted molar refractivity (Wildman–Crippen MR) is 63.6 cm³/mol. The SMILES string of the molecule is COc1cc(CNC(C)C(C)OC)ccn1. The van der Waals surface area contributed by atoms with E-state index in [4.69, 9.17) is 9.47 Å². The summed E-state index contributed by atoms with van der Waals surface area (Å²) < 4.78 is 10.3. The van der Waals surface area contributed by atoms with E-state index in [-0.39, 0.29) is 6.10 Å². The topological polar surface area (TPSA) is 43.4 Å². The van der Waals surface area contributed by atoms with Gasteiger partial charge in [-0.3, -0.25) is 0 Å². The smallest absolute Gasteiger partial charge is 0.213 e. The molecule has 1 aromatic rings. The van der Waals surface area contributed by atoms with Gasteiger partial charge in [-0.1, -0.05) is 0 Å². The van der Waals surface area contributed by atoms with Crippen LogP contribution in [-0.2, 0) is 11.3 Å². The maximum atomic E-state index is 5.25. The normalized spacial score (nSPS) is 14.5. The van der Waals surface area contributed by atoms with Crippen LogP contribution in [-0.4, -0.2) is 31.3 Å². The van der Waals surface area contributed by atoms with Gasteiger partial charge in [-0.15, -0.1) is 0 Å². The monoisotopic (exact) mass is 224 g/mol. The van der Waals surface area contributed by atoms with E-state index in [0.717, 1.165) is 12.1 Å². The maximum absolute atomic E-state index is 5.25. The van der Waals surface area contributed by atoms with Crippen molar-refractivity contribution in [2.45, 2.75) is 32.5 Å². The summed E-state index contributed by atoms with van der Waals surface area (Å²) >= 11 is 0. The van der Waals surface area contributed by atoms with Gasteiger partial charge in [0.15, 0.2) is 0 Å². The minimum absolute atomic E-state index is 0.198. The molecule has 0 aliphatic carbocycles. The Morgan fingerprint density at radius 3 is 2.75 bits per heavy atom. The fraction of sp³-hybridized carbons (Fsp3) is 0.583. The molecule has 4 nitrogen and oxygen atoms in total. The standard InChI is InChI=1S/C12H20N2O2/c1-9(10(2)15-3)14-8-11-5-6-13-12(7-11)16-4/h5-7,9-10,14H,8H2,1-4H3. The van der Waals surface area contributed by atoms with Gasteiger partial charge in [-0.05, 0) is 25.5 Å². The van der Waals surface area contributed by atoms with Gasteiger partial charge < -0.3 is 14.8 Å².